The van der Waals surface area contributed by atoms with Crippen LogP contribution in [-0.4, -0.2) is 33.8 Å². The van der Waals surface area contributed by atoms with E-state index in [-0.39, 0.29) is 21.3 Å². The molecule has 0 amide bonds. The third kappa shape index (κ3) is 4.69. The molecule has 3 aromatic carbocycles. The fourth-order valence-electron chi connectivity index (χ4n) is 2.67. The maximum atomic E-state index is 13.0. The molecule has 0 saturated heterocycles. The third-order valence-corrected chi connectivity index (χ3v) is 6.62. The smallest absolute Gasteiger partial charge is 0.338 e. The normalized spacial score (nSPS) is 11.0. The van der Waals surface area contributed by atoms with Gasteiger partial charge in [-0.1, -0.05) is 60.1 Å². The van der Waals surface area contributed by atoms with Crippen LogP contribution in [0.15, 0.2) is 83.8 Å². The van der Waals surface area contributed by atoms with Gasteiger partial charge in [0.25, 0.3) is 10.0 Å². The number of esters is 1. The van der Waals surface area contributed by atoms with Gasteiger partial charge in [0.05, 0.1) is 16.3 Å². The number of ether oxygens (including phenoxy) is 1. The number of Topliss-reactive ketones (excluding diaryl/α,β-unsaturated/α-hetero) is 1. The summed E-state index contributed by atoms with van der Waals surface area (Å²) in [7, 11) is -2.63. The van der Waals surface area contributed by atoms with Gasteiger partial charge in [-0.3, -0.25) is 9.10 Å². The van der Waals surface area contributed by atoms with E-state index in [1.54, 1.807) is 60.7 Å². The van der Waals surface area contributed by atoms with E-state index in [0.29, 0.717) is 11.3 Å². The van der Waals surface area contributed by atoms with Crippen molar-refractivity contribution in [3.63, 3.8) is 0 Å². The number of anilines is 1. The van der Waals surface area contributed by atoms with E-state index in [9.17, 15) is 18.0 Å². The maximum absolute atomic E-state index is 13.0. The third-order valence-electron chi connectivity index (χ3n) is 4.36. The fraction of sp³-hybridized carbons (Fsp3) is 0.0909. The van der Waals surface area contributed by atoms with Crippen molar-refractivity contribution in [3.8, 4) is 0 Å². The van der Waals surface area contributed by atoms with Crippen LogP contribution in [0.3, 0.4) is 0 Å². The Kier molecular flexibility index (Phi) is 6.54. The summed E-state index contributed by atoms with van der Waals surface area (Å²) in [5, 5.41) is -0.0327. The van der Waals surface area contributed by atoms with Crippen molar-refractivity contribution in [2.45, 2.75) is 4.90 Å². The summed E-state index contributed by atoms with van der Waals surface area (Å²) in [6.45, 7) is -0.461. The second-order valence-corrected chi connectivity index (χ2v) is 8.66. The molecule has 0 spiro atoms. The van der Waals surface area contributed by atoms with Gasteiger partial charge in [-0.25, -0.2) is 13.2 Å². The van der Waals surface area contributed by atoms with Gasteiger partial charge in [0.1, 0.15) is 4.90 Å². The average molecular weight is 444 g/mol. The number of carbonyl (C=O) groups is 2. The molecule has 0 radical (unpaired) electrons. The standard InChI is InChI=1S/C22H18ClNO5S/c1-24(18-10-6-3-7-11-18)30(27,28)21-14-17(12-13-19(21)23)22(26)29-15-20(25)16-8-4-2-5-9-16/h2-14H,15H2,1H3. The quantitative estimate of drug-likeness (QED) is 0.403. The van der Waals surface area contributed by atoms with Gasteiger partial charge in [0.15, 0.2) is 12.4 Å². The van der Waals surface area contributed by atoms with Crippen LogP contribution in [0.2, 0.25) is 5.02 Å². The first-order chi connectivity index (χ1) is 14.3. The average Bonchev–Trinajstić information content (AvgIpc) is 2.78. The lowest BCUT2D eigenvalue weighted by Gasteiger charge is -2.20. The zero-order valence-corrected chi connectivity index (χ0v) is 17.6. The molecule has 0 heterocycles. The molecule has 154 valence electrons. The Morgan fingerprint density at radius 1 is 0.900 bits per heavy atom. The van der Waals surface area contributed by atoms with Gasteiger partial charge in [0, 0.05) is 12.6 Å². The predicted octanol–water partition coefficient (Wildman–Crippen LogP) is 4.20. The lowest BCUT2D eigenvalue weighted by molar-refractivity contribution is 0.0474. The minimum Gasteiger partial charge on any atom is -0.454 e. The molecule has 8 heteroatoms. The summed E-state index contributed by atoms with van der Waals surface area (Å²) < 4.78 is 32.2. The second-order valence-electron chi connectivity index (χ2n) is 6.32. The summed E-state index contributed by atoms with van der Waals surface area (Å²) in [5.41, 5.74) is 0.824. The maximum Gasteiger partial charge on any atom is 0.338 e. The number of halogens is 1. The van der Waals surface area contributed by atoms with Crippen LogP contribution in [0.25, 0.3) is 0 Å². The first-order valence-electron chi connectivity index (χ1n) is 8.89. The Labute approximate surface area is 179 Å². The minimum atomic E-state index is -4.03. The van der Waals surface area contributed by atoms with Gasteiger partial charge in [0.2, 0.25) is 0 Å². The zero-order chi connectivity index (χ0) is 21.7. The molecular weight excluding hydrogens is 426 g/mol. The number of sulfonamides is 1. The Bertz CT molecular complexity index is 1160. The van der Waals surface area contributed by atoms with Gasteiger partial charge in [-0.2, -0.15) is 0 Å². The number of nitrogens with zero attached hydrogens (tertiary/aromatic N) is 1. The van der Waals surface area contributed by atoms with Crippen LogP contribution < -0.4 is 4.31 Å². The van der Waals surface area contributed by atoms with Gasteiger partial charge < -0.3 is 4.74 Å². The highest BCUT2D eigenvalue weighted by Crippen LogP contribution is 2.28. The molecule has 0 unspecified atom stereocenters. The number of para-hydroxylation sites is 1. The summed E-state index contributed by atoms with van der Waals surface area (Å²) >= 11 is 6.11. The van der Waals surface area contributed by atoms with Crippen LogP contribution in [0.1, 0.15) is 20.7 Å². The van der Waals surface area contributed by atoms with E-state index in [2.05, 4.69) is 0 Å². The number of benzene rings is 3. The molecule has 0 bridgehead atoms. The highest BCUT2D eigenvalue weighted by molar-refractivity contribution is 7.93. The Morgan fingerprint density at radius 3 is 2.13 bits per heavy atom. The van der Waals surface area contributed by atoms with Gasteiger partial charge in [-0.15, -0.1) is 0 Å². The first kappa shape index (κ1) is 21.5. The van der Waals surface area contributed by atoms with Crippen molar-refractivity contribution in [2.75, 3.05) is 18.0 Å². The van der Waals surface area contributed by atoms with E-state index in [1.165, 1.54) is 19.2 Å². The molecule has 3 rings (SSSR count). The summed E-state index contributed by atoms with van der Waals surface area (Å²) in [5.74, 6) is -1.19. The van der Waals surface area contributed by atoms with E-state index < -0.39 is 22.6 Å². The molecule has 0 atom stereocenters. The van der Waals surface area contributed by atoms with E-state index >= 15 is 0 Å². The summed E-state index contributed by atoms with van der Waals surface area (Å²) in [6, 6.07) is 20.7. The first-order valence-corrected chi connectivity index (χ1v) is 10.7. The lowest BCUT2D eigenvalue weighted by Crippen LogP contribution is -2.27. The number of carbonyl (C=O) groups excluding carboxylic acids is 2. The lowest BCUT2D eigenvalue weighted by atomic mass is 10.1. The molecule has 6 nitrogen and oxygen atoms in total. The number of rotatable bonds is 7. The molecule has 0 N–H and O–H groups in total. The number of hydrogen-bond donors (Lipinski definition) is 0. The minimum absolute atomic E-state index is 0.0275. The van der Waals surface area contributed by atoms with Crippen LogP contribution in [0, 0.1) is 0 Å². The van der Waals surface area contributed by atoms with Gasteiger partial charge in [-0.05, 0) is 30.3 Å². The second kappa shape index (κ2) is 9.11. The molecule has 30 heavy (non-hydrogen) atoms. The monoisotopic (exact) mass is 443 g/mol. The van der Waals surface area contributed by atoms with Crippen molar-refractivity contribution in [1.82, 2.24) is 0 Å². The molecule has 0 saturated carbocycles. The zero-order valence-electron chi connectivity index (χ0n) is 16.0. The van der Waals surface area contributed by atoms with E-state index in [1.807, 2.05) is 0 Å². The molecule has 0 aromatic heterocycles. The van der Waals surface area contributed by atoms with Crippen molar-refractivity contribution in [3.05, 3.63) is 95.0 Å². The highest BCUT2D eigenvalue weighted by atomic mass is 35.5. The Hall–Kier alpha value is -3.16. The van der Waals surface area contributed by atoms with E-state index in [0.717, 1.165) is 10.4 Å². The number of hydrogen-bond acceptors (Lipinski definition) is 5. The predicted molar refractivity (Wildman–Crippen MR) is 115 cm³/mol. The van der Waals surface area contributed by atoms with Crippen LogP contribution >= 0.6 is 11.6 Å². The van der Waals surface area contributed by atoms with E-state index in [4.69, 9.17) is 16.3 Å². The molecule has 0 aliphatic rings. The van der Waals surface area contributed by atoms with Crippen LogP contribution in [0.5, 0.6) is 0 Å². The van der Waals surface area contributed by atoms with Crippen molar-refractivity contribution < 1.29 is 22.7 Å². The summed E-state index contributed by atoms with van der Waals surface area (Å²) in [4.78, 5) is 24.3. The molecule has 3 aromatic rings. The Morgan fingerprint density at radius 2 is 1.50 bits per heavy atom. The highest BCUT2D eigenvalue weighted by Gasteiger charge is 2.26. The van der Waals surface area contributed by atoms with Crippen LogP contribution in [0.4, 0.5) is 5.69 Å². The molecule has 0 fully saturated rings. The number of ketones is 1. The van der Waals surface area contributed by atoms with Crippen molar-refractivity contribution in [2.24, 2.45) is 0 Å². The fourth-order valence-corrected chi connectivity index (χ4v) is 4.37. The Balaban J connectivity index is 1.80. The van der Waals surface area contributed by atoms with Crippen LogP contribution in [-0.2, 0) is 14.8 Å². The van der Waals surface area contributed by atoms with Gasteiger partial charge >= 0.3 is 5.97 Å². The SMILES string of the molecule is CN(c1ccccc1)S(=O)(=O)c1cc(C(=O)OCC(=O)c2ccccc2)ccc1Cl. The molecule has 0 aliphatic carbocycles. The largest absolute Gasteiger partial charge is 0.454 e. The van der Waals surface area contributed by atoms with Crippen molar-refractivity contribution in [1.29, 1.82) is 0 Å². The molecular formula is C22H18ClNO5S. The molecule has 0 aliphatic heterocycles. The van der Waals surface area contributed by atoms with Crippen molar-refractivity contribution >= 4 is 39.1 Å². The summed E-state index contributed by atoms with van der Waals surface area (Å²) in [6.07, 6.45) is 0. The topological polar surface area (TPSA) is 80.8 Å².